The molecule has 3 heterocycles. The molecule has 0 bridgehead atoms. The molecule has 0 fully saturated rings. The van der Waals surface area contributed by atoms with E-state index >= 15 is 0 Å². The number of fused-ring (bicyclic) bond motifs is 2. The molecular formula is C29H27N3O6S. The zero-order chi connectivity index (χ0) is 27.8. The Morgan fingerprint density at radius 3 is 2.44 bits per heavy atom. The fraction of sp³-hybridized carbons (Fsp3) is 0.276. The molecule has 9 nitrogen and oxygen atoms in total. The molecule has 3 aromatic rings. The SMILES string of the molecule is CCCN1C(=O)/C(=c2\sc3n(c2=O)[C@@H](c2ccc(OC(C)=O)cc2)C(C(=O)OCC)=C(C)N=3)c2ccccc21. The van der Waals surface area contributed by atoms with Crippen LogP contribution in [0, 0.1) is 0 Å². The molecule has 0 saturated heterocycles. The van der Waals surface area contributed by atoms with E-state index in [9.17, 15) is 19.2 Å². The van der Waals surface area contributed by atoms with Crippen molar-refractivity contribution in [2.24, 2.45) is 4.99 Å². The van der Waals surface area contributed by atoms with Crippen LogP contribution in [0.5, 0.6) is 5.75 Å². The maximum atomic E-state index is 14.1. The Hall–Kier alpha value is -4.31. The Morgan fingerprint density at radius 1 is 1.05 bits per heavy atom. The number of carbonyl (C=O) groups excluding carboxylic acids is 3. The molecule has 5 rings (SSSR count). The van der Waals surface area contributed by atoms with Crippen LogP contribution in [0.4, 0.5) is 5.69 Å². The summed E-state index contributed by atoms with van der Waals surface area (Å²) in [7, 11) is 0. The third-order valence-corrected chi connectivity index (χ3v) is 7.60. The molecule has 39 heavy (non-hydrogen) atoms. The van der Waals surface area contributed by atoms with E-state index in [1.807, 2.05) is 31.2 Å². The normalized spacial score (nSPS) is 17.5. The molecule has 0 spiro atoms. The summed E-state index contributed by atoms with van der Waals surface area (Å²) in [6, 6.07) is 13.2. The lowest BCUT2D eigenvalue weighted by Crippen LogP contribution is -2.41. The first kappa shape index (κ1) is 26.3. The first-order valence-corrected chi connectivity index (χ1v) is 13.5. The van der Waals surface area contributed by atoms with Crippen LogP contribution in [0.1, 0.15) is 51.3 Å². The Kier molecular flexibility index (Phi) is 7.05. The van der Waals surface area contributed by atoms with E-state index in [1.54, 1.807) is 43.0 Å². The number of amides is 1. The number of hydrogen-bond acceptors (Lipinski definition) is 8. The minimum absolute atomic E-state index is 0.154. The minimum Gasteiger partial charge on any atom is -0.463 e. The number of nitrogens with zero attached hydrogens (tertiary/aromatic N) is 3. The summed E-state index contributed by atoms with van der Waals surface area (Å²) in [5.41, 5.74) is 2.64. The van der Waals surface area contributed by atoms with Crippen molar-refractivity contribution in [3.05, 3.63) is 90.6 Å². The van der Waals surface area contributed by atoms with Gasteiger partial charge in [0.25, 0.3) is 11.5 Å². The van der Waals surface area contributed by atoms with Gasteiger partial charge in [0.2, 0.25) is 0 Å². The third-order valence-electron chi connectivity index (χ3n) is 6.55. The van der Waals surface area contributed by atoms with Gasteiger partial charge in [-0.25, -0.2) is 9.79 Å². The fourth-order valence-corrected chi connectivity index (χ4v) is 6.12. The van der Waals surface area contributed by atoms with Gasteiger partial charge < -0.3 is 14.4 Å². The zero-order valence-electron chi connectivity index (χ0n) is 22.0. The largest absolute Gasteiger partial charge is 0.463 e. The smallest absolute Gasteiger partial charge is 0.338 e. The highest BCUT2D eigenvalue weighted by atomic mass is 32.1. The molecule has 2 aliphatic rings. The summed E-state index contributed by atoms with van der Waals surface area (Å²) in [4.78, 5) is 58.9. The van der Waals surface area contributed by atoms with Crippen LogP contribution < -0.4 is 24.5 Å². The van der Waals surface area contributed by atoms with Crippen molar-refractivity contribution in [1.29, 1.82) is 0 Å². The number of para-hydroxylation sites is 1. The Bertz CT molecular complexity index is 1710. The van der Waals surface area contributed by atoms with Gasteiger partial charge in [-0.2, -0.15) is 0 Å². The van der Waals surface area contributed by atoms with Gasteiger partial charge in [-0.3, -0.25) is 19.0 Å². The maximum absolute atomic E-state index is 14.1. The first-order valence-electron chi connectivity index (χ1n) is 12.7. The second-order valence-corrected chi connectivity index (χ2v) is 10.1. The van der Waals surface area contributed by atoms with Crippen molar-refractivity contribution in [1.82, 2.24) is 4.57 Å². The zero-order valence-corrected chi connectivity index (χ0v) is 22.8. The predicted molar refractivity (Wildman–Crippen MR) is 146 cm³/mol. The van der Waals surface area contributed by atoms with Crippen LogP contribution in [-0.4, -0.2) is 35.6 Å². The highest BCUT2D eigenvalue weighted by Crippen LogP contribution is 2.36. The molecule has 0 radical (unpaired) electrons. The van der Waals surface area contributed by atoms with Crippen molar-refractivity contribution in [2.45, 2.75) is 40.2 Å². The summed E-state index contributed by atoms with van der Waals surface area (Å²) in [5.74, 6) is -0.934. The van der Waals surface area contributed by atoms with Gasteiger partial charge >= 0.3 is 11.9 Å². The average molecular weight is 546 g/mol. The minimum atomic E-state index is -0.848. The summed E-state index contributed by atoms with van der Waals surface area (Å²) in [6.45, 7) is 7.39. The Balaban J connectivity index is 1.76. The van der Waals surface area contributed by atoms with Gasteiger partial charge in [-0.15, -0.1) is 0 Å². The lowest BCUT2D eigenvalue weighted by Gasteiger charge is -2.24. The molecule has 200 valence electrons. The van der Waals surface area contributed by atoms with Crippen LogP contribution in [0.25, 0.3) is 5.57 Å². The van der Waals surface area contributed by atoms with Crippen LogP contribution >= 0.6 is 11.3 Å². The van der Waals surface area contributed by atoms with E-state index in [1.165, 1.54) is 11.5 Å². The van der Waals surface area contributed by atoms with E-state index in [2.05, 4.69) is 4.99 Å². The van der Waals surface area contributed by atoms with Crippen LogP contribution in [0.2, 0.25) is 0 Å². The number of aromatic nitrogens is 1. The van der Waals surface area contributed by atoms with Crippen LogP contribution in [0.3, 0.4) is 0 Å². The lowest BCUT2D eigenvalue weighted by molar-refractivity contribution is -0.139. The van der Waals surface area contributed by atoms with Gasteiger partial charge in [-0.05, 0) is 44.0 Å². The van der Waals surface area contributed by atoms with Crippen LogP contribution in [-0.2, 0) is 19.1 Å². The molecule has 0 N–H and O–H groups in total. The highest BCUT2D eigenvalue weighted by Gasteiger charge is 2.37. The molecule has 10 heteroatoms. The highest BCUT2D eigenvalue weighted by molar-refractivity contribution is 7.07. The number of hydrogen-bond donors (Lipinski definition) is 0. The van der Waals surface area contributed by atoms with Crippen molar-refractivity contribution < 1.29 is 23.9 Å². The molecule has 1 amide bonds. The molecule has 1 aromatic heterocycles. The van der Waals surface area contributed by atoms with Crippen molar-refractivity contribution in [2.75, 3.05) is 18.1 Å². The Morgan fingerprint density at radius 2 is 1.77 bits per heavy atom. The predicted octanol–water partition coefficient (Wildman–Crippen LogP) is 2.85. The quantitative estimate of drug-likeness (QED) is 0.348. The van der Waals surface area contributed by atoms with Crippen LogP contribution in [0.15, 0.2) is 69.6 Å². The van der Waals surface area contributed by atoms with Gasteiger partial charge in [0.1, 0.15) is 10.3 Å². The van der Waals surface area contributed by atoms with E-state index in [0.717, 1.165) is 23.4 Å². The average Bonchev–Trinajstić information content (AvgIpc) is 3.36. The standard InChI is InChI=1S/C29H27N3O6S/c1-5-15-31-21-10-8-7-9-20(21)23(26(31)34)25-27(35)32-24(18-11-13-19(14-12-18)38-17(4)33)22(28(36)37-6-2)16(3)30-29(32)39-25/h7-14,24H,5-6,15H2,1-4H3/b25-23-/t24-/m0/s1. The second-order valence-electron chi connectivity index (χ2n) is 9.13. The van der Waals surface area contributed by atoms with Gasteiger partial charge in [0.05, 0.1) is 35.2 Å². The number of anilines is 1. The van der Waals surface area contributed by atoms with E-state index < -0.39 is 23.5 Å². The Labute approximate surface area is 228 Å². The van der Waals surface area contributed by atoms with E-state index in [0.29, 0.717) is 39.5 Å². The topological polar surface area (TPSA) is 107 Å². The monoisotopic (exact) mass is 545 g/mol. The molecule has 0 aliphatic carbocycles. The van der Waals surface area contributed by atoms with E-state index in [4.69, 9.17) is 9.47 Å². The number of thiazole rings is 1. The molecule has 1 atom stereocenters. The number of benzene rings is 2. The van der Waals surface area contributed by atoms with Crippen molar-refractivity contribution in [3.63, 3.8) is 0 Å². The fourth-order valence-electron chi connectivity index (χ4n) is 4.99. The second kappa shape index (κ2) is 10.5. The summed E-state index contributed by atoms with van der Waals surface area (Å²) >= 11 is 1.13. The number of esters is 2. The summed E-state index contributed by atoms with van der Waals surface area (Å²) in [6.07, 6.45) is 0.764. The molecule has 2 aromatic carbocycles. The molecule has 2 aliphatic heterocycles. The summed E-state index contributed by atoms with van der Waals surface area (Å²) < 4.78 is 12.2. The number of ether oxygens (including phenoxy) is 2. The van der Waals surface area contributed by atoms with Crippen molar-refractivity contribution >= 4 is 40.4 Å². The van der Waals surface area contributed by atoms with Gasteiger partial charge in [0, 0.05) is 19.0 Å². The first-order chi connectivity index (χ1) is 18.8. The molecule has 0 unspecified atom stereocenters. The molecule has 0 saturated carbocycles. The number of carbonyl (C=O) groups is 3. The third kappa shape index (κ3) is 4.50. The van der Waals surface area contributed by atoms with E-state index in [-0.39, 0.29) is 22.6 Å². The maximum Gasteiger partial charge on any atom is 0.338 e. The summed E-state index contributed by atoms with van der Waals surface area (Å²) in [5, 5.41) is 0. The van der Waals surface area contributed by atoms with Gasteiger partial charge in [-0.1, -0.05) is 48.6 Å². The molecular weight excluding hydrogens is 518 g/mol. The number of rotatable bonds is 6. The van der Waals surface area contributed by atoms with Gasteiger partial charge in [0.15, 0.2) is 4.80 Å². The number of allylic oxidation sites excluding steroid dienone is 1. The van der Waals surface area contributed by atoms with Crippen molar-refractivity contribution in [3.8, 4) is 5.75 Å². The lowest BCUT2D eigenvalue weighted by atomic mass is 9.96.